The Bertz CT molecular complexity index is 199. The zero-order valence-corrected chi connectivity index (χ0v) is 7.61. The van der Waals surface area contributed by atoms with Gasteiger partial charge in [0.05, 0.1) is 0 Å². The van der Waals surface area contributed by atoms with Gasteiger partial charge < -0.3 is 0 Å². The molecule has 0 N–H and O–H groups in total. The van der Waals surface area contributed by atoms with Crippen molar-refractivity contribution in [1.82, 2.24) is 0 Å². The van der Waals surface area contributed by atoms with Crippen molar-refractivity contribution in [3.63, 3.8) is 0 Å². The van der Waals surface area contributed by atoms with Crippen molar-refractivity contribution in [2.75, 3.05) is 0 Å². The summed E-state index contributed by atoms with van der Waals surface area (Å²) in [7, 11) is 0. The predicted molar refractivity (Wildman–Crippen MR) is 46.4 cm³/mol. The van der Waals surface area contributed by atoms with Crippen molar-refractivity contribution in [3.8, 4) is 0 Å². The summed E-state index contributed by atoms with van der Waals surface area (Å²) >= 11 is 0. The molecule has 0 radical (unpaired) electrons. The quantitative estimate of drug-likeness (QED) is 0.528. The highest BCUT2D eigenvalue weighted by Gasteiger charge is 2.26. The van der Waals surface area contributed by atoms with Crippen LogP contribution in [0.3, 0.4) is 0 Å². The topological polar surface area (TPSA) is 17.1 Å². The third-order valence-electron chi connectivity index (χ3n) is 2.24. The van der Waals surface area contributed by atoms with Gasteiger partial charge in [-0.25, -0.2) is 0 Å². The second-order valence-corrected chi connectivity index (χ2v) is 4.25. The van der Waals surface area contributed by atoms with Crippen LogP contribution in [-0.4, -0.2) is 5.78 Å². The Balaban J connectivity index is 2.61. The first-order valence-corrected chi connectivity index (χ1v) is 4.20. The van der Waals surface area contributed by atoms with E-state index < -0.39 is 0 Å². The molecule has 62 valence electrons. The van der Waals surface area contributed by atoms with Gasteiger partial charge in [0.15, 0.2) is 5.78 Å². The molecule has 0 aliphatic heterocycles. The van der Waals surface area contributed by atoms with Crippen LogP contribution in [0.5, 0.6) is 0 Å². The summed E-state index contributed by atoms with van der Waals surface area (Å²) in [6.07, 6.45) is 5.25. The summed E-state index contributed by atoms with van der Waals surface area (Å²) < 4.78 is 0. The normalized spacial score (nSPS) is 25.9. The molecule has 1 rings (SSSR count). The maximum atomic E-state index is 10.7. The number of carbonyl (C=O) groups excluding carboxylic acids is 1. The van der Waals surface area contributed by atoms with E-state index in [2.05, 4.69) is 13.8 Å². The molecule has 11 heavy (non-hydrogen) atoms. The minimum Gasteiger partial charge on any atom is -0.295 e. The first-order chi connectivity index (χ1) is 4.99. The average Bonchev–Trinajstić information content (AvgIpc) is 2.08. The summed E-state index contributed by atoms with van der Waals surface area (Å²) in [6, 6.07) is 0. The fourth-order valence-corrected chi connectivity index (χ4v) is 1.70. The summed E-state index contributed by atoms with van der Waals surface area (Å²) in [5.74, 6) is 0.192. The maximum Gasteiger partial charge on any atom is 0.152 e. The second kappa shape index (κ2) is 2.80. The molecular formula is C10H16O. The van der Waals surface area contributed by atoms with Crippen LogP contribution >= 0.6 is 0 Å². The minimum absolute atomic E-state index is 0.192. The number of hydrogen-bond acceptors (Lipinski definition) is 1. The molecule has 0 atom stereocenters. The molecule has 0 amide bonds. The van der Waals surface area contributed by atoms with E-state index in [1.54, 1.807) is 13.0 Å². The van der Waals surface area contributed by atoms with E-state index in [9.17, 15) is 4.79 Å². The van der Waals surface area contributed by atoms with Gasteiger partial charge in [-0.3, -0.25) is 4.79 Å². The molecule has 0 heterocycles. The van der Waals surface area contributed by atoms with Crippen molar-refractivity contribution in [2.24, 2.45) is 5.41 Å². The van der Waals surface area contributed by atoms with E-state index in [0.29, 0.717) is 5.41 Å². The summed E-state index contributed by atoms with van der Waals surface area (Å²) in [6.45, 7) is 6.14. The molecule has 0 saturated heterocycles. The van der Waals surface area contributed by atoms with Crippen molar-refractivity contribution in [1.29, 1.82) is 0 Å². The number of carbonyl (C=O) groups is 1. The first kappa shape index (κ1) is 8.51. The number of hydrogen-bond donors (Lipinski definition) is 0. The molecule has 1 nitrogen and oxygen atoms in total. The van der Waals surface area contributed by atoms with Gasteiger partial charge in [0.2, 0.25) is 0 Å². The van der Waals surface area contributed by atoms with Gasteiger partial charge in [0, 0.05) is 0 Å². The maximum absolute atomic E-state index is 10.7. The van der Waals surface area contributed by atoms with E-state index in [1.165, 1.54) is 12.0 Å². The van der Waals surface area contributed by atoms with Gasteiger partial charge >= 0.3 is 0 Å². The molecule has 0 aromatic heterocycles. The Hall–Kier alpha value is -0.590. The fourth-order valence-electron chi connectivity index (χ4n) is 1.70. The Labute approximate surface area is 68.5 Å². The molecule has 1 saturated carbocycles. The number of rotatable bonds is 1. The van der Waals surface area contributed by atoms with Crippen LogP contribution in [0, 0.1) is 5.41 Å². The average molecular weight is 152 g/mol. The second-order valence-electron chi connectivity index (χ2n) is 4.25. The van der Waals surface area contributed by atoms with E-state index >= 15 is 0 Å². The monoisotopic (exact) mass is 152 g/mol. The molecule has 0 aromatic carbocycles. The number of allylic oxidation sites excluding steroid dienone is 2. The van der Waals surface area contributed by atoms with Crippen LogP contribution in [0.4, 0.5) is 0 Å². The van der Waals surface area contributed by atoms with Gasteiger partial charge in [-0.15, -0.1) is 0 Å². The largest absolute Gasteiger partial charge is 0.295 e. The van der Waals surface area contributed by atoms with Gasteiger partial charge in [-0.1, -0.05) is 19.4 Å². The smallest absolute Gasteiger partial charge is 0.152 e. The molecule has 0 spiro atoms. The first-order valence-electron chi connectivity index (χ1n) is 4.20. The van der Waals surface area contributed by atoms with E-state index in [1.807, 2.05) is 0 Å². The zero-order valence-electron chi connectivity index (χ0n) is 7.61. The molecule has 1 heteroatoms. The summed E-state index contributed by atoms with van der Waals surface area (Å²) in [5.41, 5.74) is 1.77. The molecular weight excluding hydrogens is 136 g/mol. The van der Waals surface area contributed by atoms with Crippen molar-refractivity contribution < 1.29 is 4.79 Å². The standard InChI is InChI=1S/C10H16O/c1-8(11)6-9-4-5-10(2,3)7-9/h6H,4-5,7H2,1-3H3/b9-6+. The fraction of sp³-hybridized carbons (Fsp3) is 0.700. The van der Waals surface area contributed by atoms with Crippen molar-refractivity contribution in [2.45, 2.75) is 40.0 Å². The van der Waals surface area contributed by atoms with Crippen LogP contribution in [0.15, 0.2) is 11.6 Å². The Morgan fingerprint density at radius 2 is 2.18 bits per heavy atom. The molecule has 0 bridgehead atoms. The van der Waals surface area contributed by atoms with Crippen LogP contribution in [-0.2, 0) is 4.79 Å². The van der Waals surface area contributed by atoms with Crippen molar-refractivity contribution >= 4 is 5.78 Å². The molecule has 1 aliphatic rings. The third kappa shape index (κ3) is 2.49. The lowest BCUT2D eigenvalue weighted by atomic mass is 9.91. The SMILES string of the molecule is CC(=O)/C=C1\CCC(C)(C)C1. The number of ketones is 1. The van der Waals surface area contributed by atoms with Crippen molar-refractivity contribution in [3.05, 3.63) is 11.6 Å². The van der Waals surface area contributed by atoms with Crippen LogP contribution in [0.2, 0.25) is 0 Å². The highest BCUT2D eigenvalue weighted by Crippen LogP contribution is 2.40. The predicted octanol–water partition coefficient (Wildman–Crippen LogP) is 2.71. The van der Waals surface area contributed by atoms with Crippen LogP contribution in [0.25, 0.3) is 0 Å². The highest BCUT2D eigenvalue weighted by molar-refractivity contribution is 5.88. The van der Waals surface area contributed by atoms with Crippen LogP contribution in [0.1, 0.15) is 40.0 Å². The Kier molecular flexibility index (Phi) is 2.17. The Morgan fingerprint density at radius 1 is 1.55 bits per heavy atom. The van der Waals surface area contributed by atoms with Gasteiger partial charge in [-0.2, -0.15) is 0 Å². The zero-order chi connectivity index (χ0) is 8.48. The van der Waals surface area contributed by atoms with E-state index in [-0.39, 0.29) is 5.78 Å². The minimum atomic E-state index is 0.192. The van der Waals surface area contributed by atoms with Gasteiger partial charge in [0.25, 0.3) is 0 Å². The summed E-state index contributed by atoms with van der Waals surface area (Å²) in [4.78, 5) is 10.7. The van der Waals surface area contributed by atoms with Gasteiger partial charge in [0.1, 0.15) is 0 Å². The third-order valence-corrected chi connectivity index (χ3v) is 2.24. The molecule has 0 unspecified atom stereocenters. The lowest BCUT2D eigenvalue weighted by Crippen LogP contribution is -2.02. The van der Waals surface area contributed by atoms with E-state index in [0.717, 1.165) is 12.8 Å². The van der Waals surface area contributed by atoms with E-state index in [4.69, 9.17) is 0 Å². The molecule has 1 fully saturated rings. The van der Waals surface area contributed by atoms with Gasteiger partial charge in [-0.05, 0) is 37.7 Å². The highest BCUT2D eigenvalue weighted by atomic mass is 16.1. The molecule has 0 aromatic rings. The lowest BCUT2D eigenvalue weighted by molar-refractivity contribution is -0.112. The molecule has 1 aliphatic carbocycles. The summed E-state index contributed by atoms with van der Waals surface area (Å²) in [5, 5.41) is 0. The Morgan fingerprint density at radius 3 is 2.55 bits per heavy atom. The lowest BCUT2D eigenvalue weighted by Gasteiger charge is -2.14. The van der Waals surface area contributed by atoms with Crippen LogP contribution < -0.4 is 0 Å².